The molecule has 1 aliphatic carbocycles. The first kappa shape index (κ1) is 11.0. The van der Waals surface area contributed by atoms with Gasteiger partial charge in [-0.3, -0.25) is 4.79 Å². The molecule has 1 aromatic carbocycles. The zero-order valence-corrected chi connectivity index (χ0v) is 9.62. The second kappa shape index (κ2) is 4.56. The van der Waals surface area contributed by atoms with Crippen LogP contribution in [0.4, 0.5) is 5.69 Å². The fourth-order valence-corrected chi connectivity index (χ4v) is 1.91. The molecule has 1 fully saturated rings. The Kier molecular flexibility index (Phi) is 3.13. The van der Waals surface area contributed by atoms with Gasteiger partial charge in [0.25, 0.3) is 5.91 Å². The molecule has 0 saturated heterocycles. The number of carbonyl (C=O) groups excluding carboxylic acids is 1. The second-order valence-corrected chi connectivity index (χ2v) is 4.54. The minimum atomic E-state index is -0.0481. The number of amides is 1. The highest BCUT2D eigenvalue weighted by molar-refractivity contribution is 5.99. The van der Waals surface area contributed by atoms with E-state index in [-0.39, 0.29) is 5.91 Å². The van der Waals surface area contributed by atoms with E-state index in [0.717, 1.165) is 12.1 Å². The Morgan fingerprint density at radius 2 is 2.25 bits per heavy atom. The summed E-state index contributed by atoms with van der Waals surface area (Å²) >= 11 is 0. The van der Waals surface area contributed by atoms with E-state index < -0.39 is 0 Å². The molecule has 1 saturated carbocycles. The van der Waals surface area contributed by atoms with Gasteiger partial charge in [0.05, 0.1) is 5.56 Å². The molecule has 0 aromatic heterocycles. The fraction of sp³-hybridized carbons (Fsp3) is 0.462. The van der Waals surface area contributed by atoms with Gasteiger partial charge in [0.15, 0.2) is 0 Å². The van der Waals surface area contributed by atoms with E-state index >= 15 is 0 Å². The van der Waals surface area contributed by atoms with E-state index in [0.29, 0.717) is 17.2 Å². The molecule has 0 spiro atoms. The summed E-state index contributed by atoms with van der Waals surface area (Å²) in [5.41, 5.74) is 8.02. The molecule has 0 bridgehead atoms. The van der Waals surface area contributed by atoms with Crippen LogP contribution in [0.2, 0.25) is 0 Å². The van der Waals surface area contributed by atoms with E-state index in [1.807, 2.05) is 19.1 Å². The smallest absolute Gasteiger partial charge is 0.253 e. The van der Waals surface area contributed by atoms with Crippen LogP contribution < -0.4 is 11.1 Å². The molecule has 16 heavy (non-hydrogen) atoms. The van der Waals surface area contributed by atoms with E-state index in [4.69, 9.17) is 5.73 Å². The van der Waals surface area contributed by atoms with Gasteiger partial charge >= 0.3 is 0 Å². The van der Waals surface area contributed by atoms with Crippen LogP contribution >= 0.6 is 0 Å². The second-order valence-electron chi connectivity index (χ2n) is 4.54. The first-order valence-electron chi connectivity index (χ1n) is 5.82. The van der Waals surface area contributed by atoms with Crippen LogP contribution in [0, 0.1) is 12.8 Å². The molecule has 0 radical (unpaired) electrons. The number of rotatable bonds is 3. The lowest BCUT2D eigenvalue weighted by molar-refractivity contribution is 0.0940. The standard InChI is InChI=1S/C13H18N2O/c1-9-4-2-7-11(12(9)14)13(16)15-8-10-5-3-6-10/h2,4,7,10H,3,5-6,8,14H2,1H3,(H,15,16). The number of nitrogens with two attached hydrogens (primary N) is 1. The number of hydrogen-bond acceptors (Lipinski definition) is 2. The number of carbonyl (C=O) groups is 1. The predicted octanol–water partition coefficient (Wildman–Crippen LogP) is 2.11. The highest BCUT2D eigenvalue weighted by Gasteiger charge is 2.19. The maximum atomic E-state index is 11.9. The van der Waals surface area contributed by atoms with Gasteiger partial charge < -0.3 is 11.1 Å². The maximum absolute atomic E-state index is 11.9. The first-order valence-corrected chi connectivity index (χ1v) is 5.82. The SMILES string of the molecule is Cc1cccc(C(=O)NCC2CCC2)c1N. The van der Waals surface area contributed by atoms with Crippen LogP contribution in [0.3, 0.4) is 0 Å². The first-order chi connectivity index (χ1) is 7.68. The number of aryl methyl sites for hydroxylation is 1. The monoisotopic (exact) mass is 218 g/mol. The molecule has 0 atom stereocenters. The highest BCUT2D eigenvalue weighted by atomic mass is 16.1. The van der Waals surface area contributed by atoms with Crippen molar-refractivity contribution in [1.29, 1.82) is 0 Å². The number of para-hydroxylation sites is 1. The van der Waals surface area contributed by atoms with Crippen molar-refractivity contribution < 1.29 is 4.79 Å². The third-order valence-electron chi connectivity index (χ3n) is 3.34. The summed E-state index contributed by atoms with van der Waals surface area (Å²) in [5, 5.41) is 2.95. The molecule has 3 heteroatoms. The third kappa shape index (κ3) is 2.18. The maximum Gasteiger partial charge on any atom is 0.253 e. The molecular weight excluding hydrogens is 200 g/mol. The van der Waals surface area contributed by atoms with Crippen molar-refractivity contribution in [3.05, 3.63) is 29.3 Å². The van der Waals surface area contributed by atoms with Gasteiger partial charge in [-0.2, -0.15) is 0 Å². The summed E-state index contributed by atoms with van der Waals surface area (Å²) in [6.07, 6.45) is 3.78. The minimum Gasteiger partial charge on any atom is -0.398 e. The number of nitrogens with one attached hydrogen (secondary N) is 1. The normalized spacial score (nSPS) is 15.6. The lowest BCUT2D eigenvalue weighted by Crippen LogP contribution is -2.32. The highest BCUT2D eigenvalue weighted by Crippen LogP contribution is 2.25. The number of hydrogen-bond donors (Lipinski definition) is 2. The Morgan fingerprint density at radius 1 is 1.50 bits per heavy atom. The van der Waals surface area contributed by atoms with Crippen molar-refractivity contribution in [2.75, 3.05) is 12.3 Å². The van der Waals surface area contributed by atoms with Crippen molar-refractivity contribution >= 4 is 11.6 Å². The van der Waals surface area contributed by atoms with Crippen LogP contribution in [0.25, 0.3) is 0 Å². The van der Waals surface area contributed by atoms with Gasteiger partial charge in [-0.1, -0.05) is 18.6 Å². The summed E-state index contributed by atoms with van der Waals surface area (Å²) in [6, 6.07) is 5.56. The lowest BCUT2D eigenvalue weighted by Gasteiger charge is -2.25. The van der Waals surface area contributed by atoms with Crippen LogP contribution in [-0.2, 0) is 0 Å². The molecule has 1 aliphatic rings. The Labute approximate surface area is 96.0 Å². The topological polar surface area (TPSA) is 55.1 Å². The van der Waals surface area contributed by atoms with Crippen molar-refractivity contribution in [2.24, 2.45) is 5.92 Å². The Balaban J connectivity index is 1.99. The van der Waals surface area contributed by atoms with Crippen molar-refractivity contribution in [1.82, 2.24) is 5.32 Å². The molecule has 1 amide bonds. The summed E-state index contributed by atoms with van der Waals surface area (Å²) in [5.74, 6) is 0.628. The Bertz CT molecular complexity index is 397. The lowest BCUT2D eigenvalue weighted by atomic mass is 9.85. The van der Waals surface area contributed by atoms with Gasteiger partial charge in [0.1, 0.15) is 0 Å². The molecule has 0 unspecified atom stereocenters. The Morgan fingerprint density at radius 3 is 2.88 bits per heavy atom. The van der Waals surface area contributed by atoms with Gasteiger partial charge in [0, 0.05) is 12.2 Å². The van der Waals surface area contributed by atoms with Crippen LogP contribution in [-0.4, -0.2) is 12.5 Å². The zero-order chi connectivity index (χ0) is 11.5. The number of benzene rings is 1. The van der Waals surface area contributed by atoms with Gasteiger partial charge in [-0.25, -0.2) is 0 Å². The third-order valence-corrected chi connectivity index (χ3v) is 3.34. The average Bonchev–Trinajstić information content (AvgIpc) is 2.19. The molecule has 3 N–H and O–H groups in total. The minimum absolute atomic E-state index is 0.0481. The molecule has 1 aromatic rings. The fourth-order valence-electron chi connectivity index (χ4n) is 1.91. The average molecular weight is 218 g/mol. The molecule has 86 valence electrons. The van der Waals surface area contributed by atoms with Crippen LogP contribution in [0.15, 0.2) is 18.2 Å². The quantitative estimate of drug-likeness (QED) is 0.763. The largest absolute Gasteiger partial charge is 0.398 e. The van der Waals surface area contributed by atoms with E-state index in [1.165, 1.54) is 19.3 Å². The van der Waals surface area contributed by atoms with Crippen LogP contribution in [0.5, 0.6) is 0 Å². The summed E-state index contributed by atoms with van der Waals surface area (Å²) in [4.78, 5) is 11.9. The van der Waals surface area contributed by atoms with Gasteiger partial charge in [-0.15, -0.1) is 0 Å². The van der Waals surface area contributed by atoms with E-state index in [9.17, 15) is 4.79 Å². The van der Waals surface area contributed by atoms with Crippen LogP contribution in [0.1, 0.15) is 35.2 Å². The van der Waals surface area contributed by atoms with Crippen molar-refractivity contribution in [3.63, 3.8) is 0 Å². The van der Waals surface area contributed by atoms with Crippen molar-refractivity contribution in [2.45, 2.75) is 26.2 Å². The number of nitrogen functional groups attached to an aromatic ring is 1. The molecular formula is C13H18N2O. The Hall–Kier alpha value is -1.51. The summed E-state index contributed by atoms with van der Waals surface area (Å²) in [7, 11) is 0. The van der Waals surface area contributed by atoms with E-state index in [1.54, 1.807) is 6.07 Å². The molecule has 0 aliphatic heterocycles. The predicted molar refractivity (Wildman–Crippen MR) is 65.3 cm³/mol. The van der Waals surface area contributed by atoms with Gasteiger partial charge in [-0.05, 0) is 37.3 Å². The van der Waals surface area contributed by atoms with Crippen molar-refractivity contribution in [3.8, 4) is 0 Å². The summed E-state index contributed by atoms with van der Waals surface area (Å²) in [6.45, 7) is 2.70. The zero-order valence-electron chi connectivity index (χ0n) is 9.62. The molecule has 3 nitrogen and oxygen atoms in total. The molecule has 2 rings (SSSR count). The molecule has 0 heterocycles. The summed E-state index contributed by atoms with van der Waals surface area (Å²) < 4.78 is 0. The van der Waals surface area contributed by atoms with E-state index in [2.05, 4.69) is 5.32 Å². The van der Waals surface area contributed by atoms with Gasteiger partial charge in [0.2, 0.25) is 0 Å². The number of anilines is 1.